The summed E-state index contributed by atoms with van der Waals surface area (Å²) in [6.45, 7) is 14.8. The Labute approximate surface area is 118 Å². The van der Waals surface area contributed by atoms with E-state index in [2.05, 4.69) is 39.6 Å². The van der Waals surface area contributed by atoms with E-state index < -0.39 is 0 Å². The van der Waals surface area contributed by atoms with Crippen molar-refractivity contribution in [2.24, 2.45) is 5.41 Å². The van der Waals surface area contributed by atoms with Crippen molar-refractivity contribution in [1.82, 2.24) is 10.2 Å². The molecule has 0 saturated carbocycles. The zero-order valence-electron chi connectivity index (χ0n) is 13.1. The molecule has 0 bridgehead atoms. The number of carbonyl (C=O) groups is 1. The van der Waals surface area contributed by atoms with E-state index in [4.69, 9.17) is 0 Å². The third kappa shape index (κ3) is 3.82. The Morgan fingerprint density at radius 2 is 2.16 bits per heavy atom. The maximum atomic E-state index is 13.1. The molecule has 1 fully saturated rings. The van der Waals surface area contributed by atoms with Crippen molar-refractivity contribution in [3.05, 3.63) is 12.7 Å². The molecule has 3 nitrogen and oxygen atoms in total. The van der Waals surface area contributed by atoms with Gasteiger partial charge in [-0.1, -0.05) is 19.4 Å². The average molecular weight is 266 g/mol. The van der Waals surface area contributed by atoms with Crippen LogP contribution < -0.4 is 5.32 Å². The van der Waals surface area contributed by atoms with E-state index in [9.17, 15) is 4.79 Å². The van der Waals surface area contributed by atoms with E-state index in [1.807, 2.05) is 11.0 Å². The van der Waals surface area contributed by atoms with E-state index in [1.165, 1.54) is 0 Å². The molecule has 1 heterocycles. The van der Waals surface area contributed by atoms with Gasteiger partial charge in [-0.3, -0.25) is 4.79 Å². The van der Waals surface area contributed by atoms with E-state index in [0.717, 1.165) is 38.8 Å². The van der Waals surface area contributed by atoms with Crippen molar-refractivity contribution in [2.45, 2.75) is 58.9 Å². The molecule has 1 rings (SSSR count). The van der Waals surface area contributed by atoms with Crippen LogP contribution in [0.5, 0.6) is 0 Å². The quantitative estimate of drug-likeness (QED) is 0.776. The summed E-state index contributed by atoms with van der Waals surface area (Å²) in [5.41, 5.74) is -0.354. The third-order valence-corrected chi connectivity index (χ3v) is 4.02. The van der Waals surface area contributed by atoms with Crippen LogP contribution in [0, 0.1) is 5.41 Å². The summed E-state index contributed by atoms with van der Waals surface area (Å²) < 4.78 is 0. The minimum Gasteiger partial charge on any atom is -0.334 e. The first-order valence-corrected chi connectivity index (χ1v) is 7.51. The molecule has 3 heteroatoms. The summed E-state index contributed by atoms with van der Waals surface area (Å²) in [6, 6.07) is 0. The molecule has 1 N–H and O–H groups in total. The van der Waals surface area contributed by atoms with Crippen molar-refractivity contribution in [3.8, 4) is 0 Å². The lowest BCUT2D eigenvalue weighted by Gasteiger charge is -2.44. The summed E-state index contributed by atoms with van der Waals surface area (Å²) in [4.78, 5) is 15.1. The van der Waals surface area contributed by atoms with Gasteiger partial charge < -0.3 is 10.2 Å². The predicted molar refractivity (Wildman–Crippen MR) is 81.1 cm³/mol. The van der Waals surface area contributed by atoms with Crippen LogP contribution in [-0.4, -0.2) is 36.0 Å². The van der Waals surface area contributed by atoms with Crippen molar-refractivity contribution in [1.29, 1.82) is 0 Å². The standard InChI is InChI=1S/C16H30N2O/c1-6-9-16(10-8-11-17-13-16)14(19)18(12-7-2)15(3,4)5/h7,17H,2,6,8-13H2,1,3-5H3. The molecular weight excluding hydrogens is 236 g/mol. The van der Waals surface area contributed by atoms with Crippen LogP contribution in [0.4, 0.5) is 0 Å². The van der Waals surface area contributed by atoms with Crippen LogP contribution in [0.25, 0.3) is 0 Å². The molecular formula is C16H30N2O. The Kier molecular flexibility index (Phi) is 5.60. The first-order chi connectivity index (χ1) is 8.87. The largest absolute Gasteiger partial charge is 0.334 e. The number of hydrogen-bond acceptors (Lipinski definition) is 2. The summed E-state index contributed by atoms with van der Waals surface area (Å²) in [7, 11) is 0. The Balaban J connectivity index is 2.99. The topological polar surface area (TPSA) is 32.3 Å². The molecule has 1 amide bonds. The normalized spacial score (nSPS) is 24.0. The summed E-state index contributed by atoms with van der Waals surface area (Å²) >= 11 is 0. The van der Waals surface area contributed by atoms with Gasteiger partial charge in [-0.15, -0.1) is 6.58 Å². The molecule has 19 heavy (non-hydrogen) atoms. The lowest BCUT2D eigenvalue weighted by molar-refractivity contribution is -0.148. The van der Waals surface area contributed by atoms with Crippen LogP contribution in [0.15, 0.2) is 12.7 Å². The lowest BCUT2D eigenvalue weighted by atomic mass is 9.75. The SMILES string of the molecule is C=CCN(C(=O)C1(CCC)CCCNC1)C(C)(C)C. The number of carbonyl (C=O) groups excluding carboxylic acids is 1. The van der Waals surface area contributed by atoms with Crippen LogP contribution in [-0.2, 0) is 4.79 Å². The first kappa shape index (κ1) is 16.2. The molecule has 1 aliphatic heterocycles. The fourth-order valence-electron chi connectivity index (χ4n) is 3.03. The maximum absolute atomic E-state index is 13.1. The zero-order chi connectivity index (χ0) is 14.5. The number of nitrogens with zero attached hydrogens (tertiary/aromatic N) is 1. The molecule has 1 atom stereocenters. The second-order valence-corrected chi connectivity index (χ2v) is 6.69. The van der Waals surface area contributed by atoms with Crippen molar-refractivity contribution >= 4 is 5.91 Å². The van der Waals surface area contributed by atoms with E-state index in [0.29, 0.717) is 12.5 Å². The molecule has 0 spiro atoms. The van der Waals surface area contributed by atoms with Gasteiger partial charge in [0.1, 0.15) is 0 Å². The fourth-order valence-corrected chi connectivity index (χ4v) is 3.03. The molecule has 1 aliphatic rings. The van der Waals surface area contributed by atoms with Gasteiger partial charge in [0.15, 0.2) is 0 Å². The van der Waals surface area contributed by atoms with Gasteiger partial charge in [-0.2, -0.15) is 0 Å². The number of hydrogen-bond donors (Lipinski definition) is 1. The second-order valence-electron chi connectivity index (χ2n) is 6.69. The Morgan fingerprint density at radius 3 is 2.58 bits per heavy atom. The first-order valence-electron chi connectivity index (χ1n) is 7.51. The highest BCUT2D eigenvalue weighted by Crippen LogP contribution is 2.35. The summed E-state index contributed by atoms with van der Waals surface area (Å²) in [5.74, 6) is 0.300. The fraction of sp³-hybridized carbons (Fsp3) is 0.812. The number of rotatable bonds is 5. The highest BCUT2D eigenvalue weighted by molar-refractivity contribution is 5.84. The minimum atomic E-state index is -0.205. The van der Waals surface area contributed by atoms with E-state index in [1.54, 1.807) is 0 Å². The van der Waals surface area contributed by atoms with Crippen molar-refractivity contribution < 1.29 is 4.79 Å². The summed E-state index contributed by atoms with van der Waals surface area (Å²) in [6.07, 6.45) is 5.97. The van der Waals surface area contributed by atoms with E-state index in [-0.39, 0.29) is 11.0 Å². The molecule has 0 aromatic rings. The monoisotopic (exact) mass is 266 g/mol. The van der Waals surface area contributed by atoms with Gasteiger partial charge in [-0.05, 0) is 46.6 Å². The molecule has 0 radical (unpaired) electrons. The van der Waals surface area contributed by atoms with Gasteiger partial charge in [-0.25, -0.2) is 0 Å². The maximum Gasteiger partial charge on any atom is 0.230 e. The Bertz CT molecular complexity index is 306. The van der Waals surface area contributed by atoms with E-state index >= 15 is 0 Å². The summed E-state index contributed by atoms with van der Waals surface area (Å²) in [5, 5.41) is 3.42. The lowest BCUT2D eigenvalue weighted by Crippen LogP contribution is -2.56. The molecule has 1 unspecified atom stereocenters. The predicted octanol–water partition coefficient (Wildman–Crippen LogP) is 2.97. The van der Waals surface area contributed by atoms with Gasteiger partial charge in [0.05, 0.1) is 5.41 Å². The van der Waals surface area contributed by atoms with Crippen LogP contribution >= 0.6 is 0 Å². The molecule has 0 aromatic heterocycles. The van der Waals surface area contributed by atoms with Crippen LogP contribution in [0.3, 0.4) is 0 Å². The van der Waals surface area contributed by atoms with Gasteiger partial charge >= 0.3 is 0 Å². The molecule has 0 aromatic carbocycles. The highest BCUT2D eigenvalue weighted by Gasteiger charge is 2.43. The molecule has 1 saturated heterocycles. The number of amides is 1. The second kappa shape index (κ2) is 6.56. The smallest absolute Gasteiger partial charge is 0.230 e. The highest BCUT2D eigenvalue weighted by atomic mass is 16.2. The Morgan fingerprint density at radius 1 is 1.47 bits per heavy atom. The van der Waals surface area contributed by atoms with Gasteiger partial charge in [0.25, 0.3) is 0 Å². The van der Waals surface area contributed by atoms with Gasteiger partial charge in [0, 0.05) is 18.6 Å². The number of piperidine rings is 1. The number of nitrogens with one attached hydrogen (secondary N) is 1. The zero-order valence-corrected chi connectivity index (χ0v) is 13.1. The Hall–Kier alpha value is -0.830. The minimum absolute atomic E-state index is 0.149. The van der Waals surface area contributed by atoms with Crippen LogP contribution in [0.1, 0.15) is 53.4 Å². The van der Waals surface area contributed by atoms with Crippen molar-refractivity contribution in [3.63, 3.8) is 0 Å². The van der Waals surface area contributed by atoms with Gasteiger partial charge in [0.2, 0.25) is 5.91 Å². The third-order valence-electron chi connectivity index (χ3n) is 4.02. The van der Waals surface area contributed by atoms with Crippen molar-refractivity contribution in [2.75, 3.05) is 19.6 Å². The molecule has 0 aliphatic carbocycles. The van der Waals surface area contributed by atoms with Crippen LogP contribution in [0.2, 0.25) is 0 Å². The molecule has 110 valence electrons. The average Bonchev–Trinajstić information content (AvgIpc) is 2.35.